The van der Waals surface area contributed by atoms with Crippen LogP contribution >= 0.6 is 0 Å². The van der Waals surface area contributed by atoms with Crippen molar-refractivity contribution in [2.45, 2.75) is 19.3 Å². The van der Waals surface area contributed by atoms with E-state index < -0.39 is 29.6 Å². The third kappa shape index (κ3) is 6.69. The number of carbonyl (C=O) groups is 5. The van der Waals surface area contributed by atoms with Gasteiger partial charge in [-0.1, -0.05) is 18.2 Å². The predicted octanol–water partition coefficient (Wildman–Crippen LogP) is 0.161. The van der Waals surface area contributed by atoms with Gasteiger partial charge in [0.05, 0.1) is 11.3 Å². The minimum Gasteiger partial charge on any atom is -0.353 e. The summed E-state index contributed by atoms with van der Waals surface area (Å²) < 4.78 is 13.9. The van der Waals surface area contributed by atoms with E-state index in [-0.39, 0.29) is 49.0 Å². The van der Waals surface area contributed by atoms with Crippen molar-refractivity contribution in [3.63, 3.8) is 0 Å². The quantitative estimate of drug-likeness (QED) is 0.299. The number of amides is 6. The van der Waals surface area contributed by atoms with Crippen molar-refractivity contribution in [1.29, 1.82) is 0 Å². The summed E-state index contributed by atoms with van der Waals surface area (Å²) in [7, 11) is 0. The van der Waals surface area contributed by atoms with E-state index >= 15 is 0 Å². The van der Waals surface area contributed by atoms with E-state index in [1.54, 1.807) is 12.2 Å². The van der Waals surface area contributed by atoms with E-state index in [2.05, 4.69) is 21.3 Å². The van der Waals surface area contributed by atoms with E-state index in [1.165, 1.54) is 12.1 Å². The highest BCUT2D eigenvalue weighted by molar-refractivity contribution is 6.03. The third-order valence-electron chi connectivity index (χ3n) is 4.25. The van der Waals surface area contributed by atoms with Gasteiger partial charge >= 0.3 is 6.03 Å². The molecule has 2 rings (SSSR count). The molecule has 10 nitrogen and oxygen atoms in total. The molecule has 0 aromatic heterocycles. The standard InChI is InChI=1S/C19H22FN5O5/c20-12-4-3-5-13(24-19(21)30)16(12)18(29)23-9-2-1-8-22-15(27)10-11-6-7-14(26)25-17(11)28/h1-5,11H,6-10H2,(H,22,27)(H,23,29)(H3,21,24,30)(H,25,26,28)/b2-1-. The molecule has 6 amide bonds. The van der Waals surface area contributed by atoms with Crippen LogP contribution in [0.25, 0.3) is 0 Å². The van der Waals surface area contributed by atoms with Crippen LogP contribution in [0.15, 0.2) is 30.4 Å². The summed E-state index contributed by atoms with van der Waals surface area (Å²) in [5.41, 5.74) is 4.61. The van der Waals surface area contributed by atoms with Gasteiger partial charge in [0.1, 0.15) is 5.82 Å². The molecule has 6 N–H and O–H groups in total. The molecule has 1 fully saturated rings. The summed E-state index contributed by atoms with van der Waals surface area (Å²) in [6, 6.07) is 2.82. The minimum absolute atomic E-state index is 0.0212. The highest BCUT2D eigenvalue weighted by Gasteiger charge is 2.28. The monoisotopic (exact) mass is 419 g/mol. The zero-order chi connectivity index (χ0) is 22.1. The van der Waals surface area contributed by atoms with Gasteiger partial charge in [-0.2, -0.15) is 0 Å². The molecule has 1 aliphatic rings. The molecule has 1 unspecified atom stereocenters. The van der Waals surface area contributed by atoms with Crippen molar-refractivity contribution in [3.05, 3.63) is 41.7 Å². The maximum Gasteiger partial charge on any atom is 0.316 e. The molecule has 0 radical (unpaired) electrons. The Morgan fingerprint density at radius 1 is 1.17 bits per heavy atom. The lowest BCUT2D eigenvalue weighted by Crippen LogP contribution is -2.42. The summed E-state index contributed by atoms with van der Waals surface area (Å²) in [6.07, 6.45) is 3.65. The first-order valence-corrected chi connectivity index (χ1v) is 9.16. The first-order chi connectivity index (χ1) is 14.3. The lowest BCUT2D eigenvalue weighted by Gasteiger charge is -2.19. The number of nitrogens with two attached hydrogens (primary N) is 1. The van der Waals surface area contributed by atoms with E-state index in [9.17, 15) is 28.4 Å². The Kier molecular flexibility index (Phi) is 8.03. The predicted molar refractivity (Wildman–Crippen MR) is 105 cm³/mol. The van der Waals surface area contributed by atoms with Gasteiger partial charge in [-0.25, -0.2) is 9.18 Å². The molecule has 1 aromatic rings. The number of primary amides is 1. The van der Waals surface area contributed by atoms with Crippen LogP contribution in [0, 0.1) is 11.7 Å². The summed E-state index contributed by atoms with van der Waals surface area (Å²) in [5.74, 6) is -3.22. The molecule has 0 bridgehead atoms. The fraction of sp³-hybridized carbons (Fsp3) is 0.316. The molecule has 1 atom stereocenters. The van der Waals surface area contributed by atoms with Gasteiger partial charge in [0, 0.05) is 31.8 Å². The largest absolute Gasteiger partial charge is 0.353 e. The van der Waals surface area contributed by atoms with Crippen molar-refractivity contribution in [2.24, 2.45) is 11.7 Å². The molecule has 0 spiro atoms. The topological polar surface area (TPSA) is 159 Å². The highest BCUT2D eigenvalue weighted by atomic mass is 19.1. The fourth-order valence-electron chi connectivity index (χ4n) is 2.80. The zero-order valence-electron chi connectivity index (χ0n) is 16.0. The molecule has 0 saturated carbocycles. The van der Waals surface area contributed by atoms with E-state index in [1.807, 2.05) is 0 Å². The van der Waals surface area contributed by atoms with Crippen molar-refractivity contribution in [3.8, 4) is 0 Å². The zero-order valence-corrected chi connectivity index (χ0v) is 16.0. The average molecular weight is 419 g/mol. The second kappa shape index (κ2) is 10.7. The number of hydrogen-bond acceptors (Lipinski definition) is 5. The van der Waals surface area contributed by atoms with Crippen LogP contribution in [-0.4, -0.2) is 42.7 Å². The SMILES string of the molecule is NC(=O)Nc1cccc(F)c1C(=O)NC/C=C\CNC(=O)CC1CCC(=O)NC1=O. The number of anilines is 1. The normalized spacial score (nSPS) is 16.1. The van der Waals surface area contributed by atoms with Gasteiger partial charge in [0.2, 0.25) is 17.7 Å². The van der Waals surface area contributed by atoms with E-state index in [0.29, 0.717) is 6.42 Å². The van der Waals surface area contributed by atoms with Gasteiger partial charge in [-0.15, -0.1) is 0 Å². The number of rotatable bonds is 8. The summed E-state index contributed by atoms with van der Waals surface area (Å²) >= 11 is 0. The molecule has 1 heterocycles. The second-order valence-electron chi connectivity index (χ2n) is 6.49. The number of halogens is 1. The lowest BCUT2D eigenvalue weighted by molar-refractivity contribution is -0.138. The van der Waals surface area contributed by atoms with Crippen LogP contribution in [0.4, 0.5) is 14.9 Å². The number of carbonyl (C=O) groups excluding carboxylic acids is 5. The van der Waals surface area contributed by atoms with Crippen LogP contribution in [0.5, 0.6) is 0 Å². The maximum atomic E-state index is 13.9. The number of benzene rings is 1. The van der Waals surface area contributed by atoms with Crippen LogP contribution < -0.4 is 27.0 Å². The average Bonchev–Trinajstić information content (AvgIpc) is 2.66. The first-order valence-electron chi connectivity index (χ1n) is 9.16. The Hall–Kier alpha value is -3.76. The maximum absolute atomic E-state index is 13.9. The number of imide groups is 1. The molecule has 30 heavy (non-hydrogen) atoms. The summed E-state index contributed by atoms with van der Waals surface area (Å²) in [5, 5.41) is 9.43. The second-order valence-corrected chi connectivity index (χ2v) is 6.49. The van der Waals surface area contributed by atoms with Gasteiger partial charge in [0.15, 0.2) is 0 Å². The Labute approximate surface area is 171 Å². The Bertz CT molecular complexity index is 886. The molecule has 0 aliphatic carbocycles. The van der Waals surface area contributed by atoms with Crippen molar-refractivity contribution < 1.29 is 28.4 Å². The number of urea groups is 1. The first kappa shape index (κ1) is 22.5. The highest BCUT2D eigenvalue weighted by Crippen LogP contribution is 2.19. The molecule has 1 aromatic carbocycles. The molecule has 1 saturated heterocycles. The van der Waals surface area contributed by atoms with E-state index in [4.69, 9.17) is 5.73 Å². The van der Waals surface area contributed by atoms with Crippen molar-refractivity contribution in [2.75, 3.05) is 18.4 Å². The molecular formula is C19H22FN5O5. The number of piperidine rings is 1. The molecule has 160 valence electrons. The van der Waals surface area contributed by atoms with E-state index in [0.717, 1.165) is 6.07 Å². The van der Waals surface area contributed by atoms with Crippen LogP contribution in [-0.2, 0) is 14.4 Å². The third-order valence-corrected chi connectivity index (χ3v) is 4.25. The van der Waals surface area contributed by atoms with Gasteiger partial charge in [0.25, 0.3) is 5.91 Å². The van der Waals surface area contributed by atoms with Crippen LogP contribution in [0.3, 0.4) is 0 Å². The van der Waals surface area contributed by atoms with Gasteiger partial charge < -0.3 is 21.7 Å². The lowest BCUT2D eigenvalue weighted by atomic mass is 9.94. The molecular weight excluding hydrogens is 397 g/mol. The van der Waals surface area contributed by atoms with Crippen LogP contribution in [0.1, 0.15) is 29.6 Å². The van der Waals surface area contributed by atoms with Crippen molar-refractivity contribution in [1.82, 2.24) is 16.0 Å². The Balaban J connectivity index is 1.75. The summed E-state index contributed by atoms with van der Waals surface area (Å²) in [6.45, 7) is 0.211. The smallest absolute Gasteiger partial charge is 0.316 e. The van der Waals surface area contributed by atoms with Crippen LogP contribution in [0.2, 0.25) is 0 Å². The number of hydrogen-bond donors (Lipinski definition) is 5. The Morgan fingerprint density at radius 2 is 1.87 bits per heavy atom. The fourth-order valence-corrected chi connectivity index (χ4v) is 2.80. The number of nitrogens with one attached hydrogen (secondary N) is 4. The Morgan fingerprint density at radius 3 is 2.53 bits per heavy atom. The molecule has 11 heteroatoms. The van der Waals surface area contributed by atoms with Gasteiger partial charge in [-0.05, 0) is 18.6 Å². The molecule has 1 aliphatic heterocycles. The summed E-state index contributed by atoms with van der Waals surface area (Å²) in [4.78, 5) is 57.7. The van der Waals surface area contributed by atoms with Gasteiger partial charge in [-0.3, -0.25) is 24.5 Å². The minimum atomic E-state index is -0.928. The van der Waals surface area contributed by atoms with Crippen molar-refractivity contribution >= 4 is 35.3 Å².